The molecule has 3 heterocycles. The summed E-state index contributed by atoms with van der Waals surface area (Å²) >= 11 is 7.67. The van der Waals surface area contributed by atoms with Gasteiger partial charge in [-0.15, -0.1) is 11.3 Å². The average molecular weight is 415 g/mol. The molecule has 0 atom stereocenters. The van der Waals surface area contributed by atoms with Crippen molar-refractivity contribution in [2.75, 3.05) is 31.1 Å². The first kappa shape index (κ1) is 19.2. The number of piperazine rings is 1. The van der Waals surface area contributed by atoms with Crippen molar-refractivity contribution < 1.29 is 4.79 Å². The van der Waals surface area contributed by atoms with Crippen molar-refractivity contribution in [2.24, 2.45) is 0 Å². The van der Waals surface area contributed by atoms with Gasteiger partial charge in [-0.25, -0.2) is 9.97 Å². The molecule has 7 heteroatoms. The molecular weight excluding hydrogens is 392 g/mol. The van der Waals surface area contributed by atoms with Gasteiger partial charge in [0, 0.05) is 48.1 Å². The molecular formula is C21H23ClN4OS. The monoisotopic (exact) mass is 414 g/mol. The summed E-state index contributed by atoms with van der Waals surface area (Å²) in [5.41, 5.74) is 1.94. The summed E-state index contributed by atoms with van der Waals surface area (Å²) in [6.45, 7) is 9.26. The van der Waals surface area contributed by atoms with Crippen LogP contribution in [0.4, 0.5) is 5.82 Å². The fourth-order valence-electron chi connectivity index (χ4n) is 3.55. The predicted octanol–water partition coefficient (Wildman–Crippen LogP) is 4.49. The van der Waals surface area contributed by atoms with E-state index in [4.69, 9.17) is 21.6 Å². The van der Waals surface area contributed by atoms with Crippen LogP contribution in [0.25, 0.3) is 10.2 Å². The van der Waals surface area contributed by atoms with Crippen LogP contribution in [0, 0.1) is 13.8 Å². The van der Waals surface area contributed by atoms with E-state index in [-0.39, 0.29) is 5.91 Å². The molecule has 1 saturated heterocycles. The second-order valence-corrected chi connectivity index (χ2v) is 8.71. The molecule has 0 N–H and O–H groups in total. The van der Waals surface area contributed by atoms with Gasteiger partial charge >= 0.3 is 0 Å². The fraction of sp³-hybridized carbons (Fsp3) is 0.381. The molecule has 0 bridgehead atoms. The van der Waals surface area contributed by atoms with Gasteiger partial charge in [0.15, 0.2) is 0 Å². The molecule has 0 saturated carbocycles. The Hall–Kier alpha value is -2.18. The van der Waals surface area contributed by atoms with Gasteiger partial charge in [-0.3, -0.25) is 4.79 Å². The number of hydrogen-bond donors (Lipinski definition) is 0. The summed E-state index contributed by atoms with van der Waals surface area (Å²) in [4.78, 5) is 28.9. The minimum atomic E-state index is 0.0564. The van der Waals surface area contributed by atoms with Crippen LogP contribution in [0.3, 0.4) is 0 Å². The first-order chi connectivity index (χ1) is 13.5. The Kier molecular flexibility index (Phi) is 5.25. The molecule has 0 spiro atoms. The largest absolute Gasteiger partial charge is 0.352 e. The van der Waals surface area contributed by atoms with Crippen LogP contribution >= 0.6 is 22.9 Å². The zero-order chi connectivity index (χ0) is 19.8. The second kappa shape index (κ2) is 7.68. The third-order valence-corrected chi connectivity index (χ3v) is 6.68. The summed E-state index contributed by atoms with van der Waals surface area (Å²) in [5, 5.41) is 1.81. The van der Waals surface area contributed by atoms with Gasteiger partial charge in [-0.05, 0) is 43.7 Å². The molecule has 0 aliphatic carbocycles. The summed E-state index contributed by atoms with van der Waals surface area (Å²) in [6.07, 6.45) is 0.813. The maximum atomic E-state index is 12.8. The summed E-state index contributed by atoms with van der Waals surface area (Å²) in [6, 6.07) is 7.10. The lowest BCUT2D eigenvalue weighted by molar-refractivity contribution is 0.0746. The van der Waals surface area contributed by atoms with Gasteiger partial charge in [-0.1, -0.05) is 18.5 Å². The van der Waals surface area contributed by atoms with Crippen LogP contribution < -0.4 is 4.90 Å². The summed E-state index contributed by atoms with van der Waals surface area (Å²) < 4.78 is 0. The van der Waals surface area contributed by atoms with Crippen molar-refractivity contribution in [3.8, 4) is 0 Å². The van der Waals surface area contributed by atoms with Crippen molar-refractivity contribution >= 4 is 44.9 Å². The number of aryl methyl sites for hydroxylation is 3. The molecule has 1 aliphatic rings. The second-order valence-electron chi connectivity index (χ2n) is 7.07. The molecule has 1 aliphatic heterocycles. The van der Waals surface area contributed by atoms with Crippen LogP contribution in [0.2, 0.25) is 5.02 Å². The van der Waals surface area contributed by atoms with E-state index in [0.717, 1.165) is 41.4 Å². The van der Waals surface area contributed by atoms with E-state index >= 15 is 0 Å². The molecule has 2 aromatic heterocycles. The van der Waals surface area contributed by atoms with Crippen LogP contribution in [-0.2, 0) is 6.42 Å². The Bertz CT molecular complexity index is 1020. The number of hydrogen-bond acceptors (Lipinski definition) is 5. The normalized spacial score (nSPS) is 14.7. The van der Waals surface area contributed by atoms with E-state index in [1.54, 1.807) is 35.6 Å². The number of carbonyl (C=O) groups is 1. The Labute approximate surface area is 174 Å². The van der Waals surface area contributed by atoms with Crippen LogP contribution in [0.1, 0.15) is 33.5 Å². The number of amides is 1. The number of anilines is 1. The number of thiophene rings is 1. The van der Waals surface area contributed by atoms with Crippen molar-refractivity contribution in [2.45, 2.75) is 27.2 Å². The Morgan fingerprint density at radius 2 is 1.79 bits per heavy atom. The van der Waals surface area contributed by atoms with Gasteiger partial charge in [0.1, 0.15) is 16.5 Å². The van der Waals surface area contributed by atoms with Crippen LogP contribution in [0.15, 0.2) is 24.3 Å². The van der Waals surface area contributed by atoms with E-state index in [2.05, 4.69) is 25.7 Å². The highest BCUT2D eigenvalue weighted by molar-refractivity contribution is 7.18. The molecule has 1 fully saturated rings. The van der Waals surface area contributed by atoms with E-state index in [0.29, 0.717) is 23.7 Å². The zero-order valence-electron chi connectivity index (χ0n) is 16.3. The topological polar surface area (TPSA) is 49.3 Å². The summed E-state index contributed by atoms with van der Waals surface area (Å²) in [5.74, 6) is 1.95. The number of benzene rings is 1. The Balaban J connectivity index is 1.57. The average Bonchev–Trinajstić information content (AvgIpc) is 3.01. The quantitative estimate of drug-likeness (QED) is 0.633. The van der Waals surface area contributed by atoms with Gasteiger partial charge in [0.2, 0.25) is 0 Å². The predicted molar refractivity (Wildman–Crippen MR) is 116 cm³/mol. The minimum Gasteiger partial charge on any atom is -0.352 e. The van der Waals surface area contributed by atoms with Gasteiger partial charge < -0.3 is 9.80 Å². The lowest BCUT2D eigenvalue weighted by atomic mass is 10.1. The lowest BCUT2D eigenvalue weighted by Gasteiger charge is -2.36. The zero-order valence-corrected chi connectivity index (χ0v) is 17.9. The van der Waals surface area contributed by atoms with Crippen molar-refractivity contribution in [3.63, 3.8) is 0 Å². The highest BCUT2D eigenvalue weighted by Crippen LogP contribution is 2.35. The molecule has 5 nitrogen and oxygen atoms in total. The van der Waals surface area contributed by atoms with E-state index < -0.39 is 0 Å². The van der Waals surface area contributed by atoms with Gasteiger partial charge in [-0.2, -0.15) is 0 Å². The number of rotatable bonds is 3. The van der Waals surface area contributed by atoms with E-state index in [1.165, 1.54) is 10.4 Å². The standard InChI is InChI=1S/C21H23ClN4OS/c1-4-17-23-19(18-13(2)14(3)28-20(18)24-17)25-9-11-26(12-10-25)21(27)15-5-7-16(22)8-6-15/h5-8H,4,9-12H2,1-3H3. The fourth-order valence-corrected chi connectivity index (χ4v) is 4.72. The molecule has 1 aromatic carbocycles. The van der Waals surface area contributed by atoms with Gasteiger partial charge in [0.25, 0.3) is 5.91 Å². The molecule has 3 aromatic rings. The third-order valence-electron chi connectivity index (χ3n) is 5.33. The molecule has 146 valence electrons. The first-order valence-corrected chi connectivity index (χ1v) is 10.7. The maximum absolute atomic E-state index is 12.8. The maximum Gasteiger partial charge on any atom is 0.253 e. The molecule has 1 amide bonds. The number of aromatic nitrogens is 2. The van der Waals surface area contributed by atoms with Crippen LogP contribution in [-0.4, -0.2) is 47.0 Å². The lowest BCUT2D eigenvalue weighted by Crippen LogP contribution is -2.49. The van der Waals surface area contributed by atoms with E-state index in [1.807, 2.05) is 4.90 Å². The number of carbonyl (C=O) groups excluding carboxylic acids is 1. The first-order valence-electron chi connectivity index (χ1n) is 9.54. The third kappa shape index (κ3) is 3.47. The SMILES string of the molecule is CCc1nc(N2CCN(C(=O)c3ccc(Cl)cc3)CC2)c2c(C)c(C)sc2n1. The highest BCUT2D eigenvalue weighted by Gasteiger charge is 2.25. The Morgan fingerprint density at radius 3 is 2.43 bits per heavy atom. The Morgan fingerprint density at radius 1 is 1.11 bits per heavy atom. The smallest absolute Gasteiger partial charge is 0.253 e. The van der Waals surface area contributed by atoms with Crippen molar-refractivity contribution in [1.82, 2.24) is 14.9 Å². The molecule has 0 radical (unpaired) electrons. The van der Waals surface area contributed by atoms with Gasteiger partial charge in [0.05, 0.1) is 5.39 Å². The molecule has 4 rings (SSSR count). The van der Waals surface area contributed by atoms with Crippen molar-refractivity contribution in [1.29, 1.82) is 0 Å². The summed E-state index contributed by atoms with van der Waals surface area (Å²) in [7, 11) is 0. The molecule has 0 unspecified atom stereocenters. The van der Waals surface area contributed by atoms with E-state index in [9.17, 15) is 4.79 Å². The molecule has 28 heavy (non-hydrogen) atoms. The number of halogens is 1. The minimum absolute atomic E-state index is 0.0564. The van der Waals surface area contributed by atoms with Crippen LogP contribution in [0.5, 0.6) is 0 Å². The number of nitrogens with zero attached hydrogens (tertiary/aromatic N) is 4. The highest BCUT2D eigenvalue weighted by atomic mass is 35.5. The number of fused-ring (bicyclic) bond motifs is 1. The van der Waals surface area contributed by atoms with Crippen molar-refractivity contribution in [3.05, 3.63) is 51.1 Å².